The lowest BCUT2D eigenvalue weighted by Gasteiger charge is -2.03. The SMILES string of the molecule is CC(=O)Nc1ccc(S(=O)(=O)/N=C/NNc2nc(C)c(C)o2)cc1. The van der Waals surface area contributed by atoms with Gasteiger partial charge in [-0.2, -0.15) is 13.4 Å². The Morgan fingerprint density at radius 2 is 1.92 bits per heavy atom. The van der Waals surface area contributed by atoms with Crippen molar-refractivity contribution in [2.24, 2.45) is 4.40 Å². The Hall–Kier alpha value is -2.88. The van der Waals surface area contributed by atoms with Crippen molar-refractivity contribution in [1.82, 2.24) is 10.4 Å². The van der Waals surface area contributed by atoms with Crippen molar-refractivity contribution < 1.29 is 17.6 Å². The van der Waals surface area contributed by atoms with E-state index in [-0.39, 0.29) is 16.8 Å². The summed E-state index contributed by atoms with van der Waals surface area (Å²) >= 11 is 0. The summed E-state index contributed by atoms with van der Waals surface area (Å²) in [6.07, 6.45) is 0.978. The summed E-state index contributed by atoms with van der Waals surface area (Å²) in [7, 11) is -3.86. The van der Waals surface area contributed by atoms with E-state index in [1.807, 2.05) is 0 Å². The number of oxazole rings is 1. The summed E-state index contributed by atoms with van der Waals surface area (Å²) < 4.78 is 32.8. The Bertz CT molecular complexity index is 836. The molecule has 128 valence electrons. The van der Waals surface area contributed by atoms with Crippen LogP contribution in [0.2, 0.25) is 0 Å². The largest absolute Gasteiger partial charge is 0.428 e. The molecule has 1 amide bonds. The molecule has 2 aromatic rings. The van der Waals surface area contributed by atoms with Crippen molar-refractivity contribution in [3.63, 3.8) is 0 Å². The molecule has 0 aliphatic carbocycles. The average molecular weight is 351 g/mol. The van der Waals surface area contributed by atoms with Crippen LogP contribution >= 0.6 is 0 Å². The molecule has 24 heavy (non-hydrogen) atoms. The second-order valence-corrected chi connectivity index (χ2v) is 6.48. The van der Waals surface area contributed by atoms with Gasteiger partial charge in [0.25, 0.3) is 10.0 Å². The molecular formula is C14H17N5O4S. The Kier molecular flexibility index (Phi) is 5.19. The first kappa shape index (κ1) is 17.5. The van der Waals surface area contributed by atoms with E-state index in [1.165, 1.54) is 31.2 Å². The normalized spacial score (nSPS) is 11.5. The van der Waals surface area contributed by atoms with Gasteiger partial charge in [-0.1, -0.05) is 0 Å². The lowest BCUT2D eigenvalue weighted by Crippen LogP contribution is -2.20. The molecule has 0 fully saturated rings. The van der Waals surface area contributed by atoms with Crippen LogP contribution in [0.4, 0.5) is 11.7 Å². The summed E-state index contributed by atoms with van der Waals surface area (Å²) in [6.45, 7) is 4.91. The molecule has 0 saturated heterocycles. The van der Waals surface area contributed by atoms with Gasteiger partial charge >= 0.3 is 6.01 Å². The quantitative estimate of drug-likeness (QED) is 0.410. The highest BCUT2D eigenvalue weighted by Gasteiger charge is 2.11. The first-order valence-electron chi connectivity index (χ1n) is 6.90. The number of hydrazine groups is 1. The second-order valence-electron chi connectivity index (χ2n) is 4.85. The highest BCUT2D eigenvalue weighted by molar-refractivity contribution is 7.90. The number of aromatic nitrogens is 1. The van der Waals surface area contributed by atoms with Crippen molar-refractivity contribution in [3.8, 4) is 0 Å². The van der Waals surface area contributed by atoms with Crippen molar-refractivity contribution in [1.29, 1.82) is 0 Å². The molecule has 0 saturated carbocycles. The Labute approximate surface area is 139 Å². The van der Waals surface area contributed by atoms with Gasteiger partial charge in [-0.15, -0.1) is 4.40 Å². The van der Waals surface area contributed by atoms with E-state index in [4.69, 9.17) is 4.42 Å². The Balaban J connectivity index is 1.98. The molecule has 0 radical (unpaired) electrons. The van der Waals surface area contributed by atoms with Crippen LogP contribution in [0.1, 0.15) is 18.4 Å². The third-order valence-corrected chi connectivity index (χ3v) is 4.19. The minimum absolute atomic E-state index is 0.00235. The molecule has 0 aliphatic heterocycles. The van der Waals surface area contributed by atoms with E-state index in [0.717, 1.165) is 12.0 Å². The summed E-state index contributed by atoms with van der Waals surface area (Å²) in [5.41, 5.74) is 6.27. The predicted octanol–water partition coefficient (Wildman–Crippen LogP) is 1.58. The van der Waals surface area contributed by atoms with Gasteiger partial charge in [-0.25, -0.2) is 0 Å². The minimum Gasteiger partial charge on any atom is -0.428 e. The Morgan fingerprint density at radius 1 is 1.25 bits per heavy atom. The fourth-order valence-corrected chi connectivity index (χ4v) is 2.48. The third-order valence-electron chi connectivity index (χ3n) is 2.94. The fraction of sp³-hybridized carbons (Fsp3) is 0.214. The standard InChI is InChI=1S/C14H17N5O4S/c1-9-10(2)23-14(17-9)19-15-8-16-24(21,22)13-6-4-12(5-7-13)18-11(3)20/h4-8H,1-3H3,(H,15,16)(H,17,19)(H,18,20). The maximum absolute atomic E-state index is 12.0. The Morgan fingerprint density at radius 3 is 2.46 bits per heavy atom. The fourth-order valence-electron chi connectivity index (χ4n) is 1.69. The summed E-state index contributed by atoms with van der Waals surface area (Å²) in [6, 6.07) is 5.87. The molecule has 9 nitrogen and oxygen atoms in total. The number of anilines is 2. The van der Waals surface area contributed by atoms with Gasteiger partial charge in [-0.3, -0.25) is 15.6 Å². The zero-order valence-corrected chi connectivity index (χ0v) is 14.1. The van der Waals surface area contributed by atoms with E-state index in [0.29, 0.717) is 11.4 Å². The number of carbonyl (C=O) groups excluding carboxylic acids is 1. The van der Waals surface area contributed by atoms with Gasteiger partial charge < -0.3 is 9.73 Å². The maximum Gasteiger partial charge on any atom is 0.314 e. The van der Waals surface area contributed by atoms with Crippen LogP contribution in [-0.4, -0.2) is 25.6 Å². The summed E-state index contributed by atoms with van der Waals surface area (Å²) in [5, 5.41) is 2.55. The van der Waals surface area contributed by atoms with E-state index < -0.39 is 10.0 Å². The molecule has 10 heteroatoms. The molecule has 0 aliphatic rings. The third kappa shape index (κ3) is 4.56. The number of hydrogen-bond acceptors (Lipinski definition) is 6. The molecule has 1 aromatic carbocycles. The average Bonchev–Trinajstić information content (AvgIpc) is 2.82. The molecule has 0 spiro atoms. The summed E-state index contributed by atoms with van der Waals surface area (Å²) in [4.78, 5) is 15.0. The van der Waals surface area contributed by atoms with Crippen molar-refractivity contribution in [2.75, 3.05) is 10.7 Å². The van der Waals surface area contributed by atoms with Gasteiger partial charge in [0.05, 0.1) is 10.6 Å². The smallest absolute Gasteiger partial charge is 0.314 e. The molecule has 0 bridgehead atoms. The topological polar surface area (TPSA) is 126 Å². The maximum atomic E-state index is 12.0. The van der Waals surface area contributed by atoms with Crippen LogP contribution in [0.15, 0.2) is 38.0 Å². The molecule has 1 heterocycles. The molecule has 0 atom stereocenters. The van der Waals surface area contributed by atoms with E-state index in [2.05, 4.69) is 25.6 Å². The highest BCUT2D eigenvalue weighted by atomic mass is 32.2. The monoisotopic (exact) mass is 351 g/mol. The van der Waals surface area contributed by atoms with E-state index >= 15 is 0 Å². The van der Waals surface area contributed by atoms with Crippen molar-refractivity contribution in [3.05, 3.63) is 35.7 Å². The van der Waals surface area contributed by atoms with E-state index in [1.54, 1.807) is 13.8 Å². The number of nitrogens with zero attached hydrogens (tertiary/aromatic N) is 2. The van der Waals surface area contributed by atoms with Gasteiger partial charge in [0.15, 0.2) is 0 Å². The predicted molar refractivity (Wildman–Crippen MR) is 89.2 cm³/mol. The second kappa shape index (κ2) is 7.13. The minimum atomic E-state index is -3.86. The first-order chi connectivity index (χ1) is 11.3. The van der Waals surface area contributed by atoms with Crippen molar-refractivity contribution >= 4 is 34.0 Å². The van der Waals surface area contributed by atoms with E-state index in [9.17, 15) is 13.2 Å². The van der Waals surface area contributed by atoms with Crippen LogP contribution < -0.4 is 16.2 Å². The van der Waals surface area contributed by atoms with Gasteiger partial charge in [0, 0.05) is 12.6 Å². The molecule has 0 unspecified atom stereocenters. The number of sulfonamides is 1. The zero-order chi connectivity index (χ0) is 17.7. The number of carbonyl (C=O) groups is 1. The number of hydrogen-bond donors (Lipinski definition) is 3. The van der Waals surface area contributed by atoms with Crippen LogP contribution in [0.5, 0.6) is 0 Å². The van der Waals surface area contributed by atoms with Crippen LogP contribution in [-0.2, 0) is 14.8 Å². The number of rotatable bonds is 6. The van der Waals surface area contributed by atoms with Crippen LogP contribution in [0.25, 0.3) is 0 Å². The van der Waals surface area contributed by atoms with Crippen molar-refractivity contribution in [2.45, 2.75) is 25.7 Å². The first-order valence-corrected chi connectivity index (χ1v) is 8.34. The number of amides is 1. The van der Waals surface area contributed by atoms with Crippen LogP contribution in [0.3, 0.4) is 0 Å². The lowest BCUT2D eigenvalue weighted by atomic mass is 10.3. The molecule has 1 aromatic heterocycles. The number of aryl methyl sites for hydroxylation is 2. The van der Waals surface area contributed by atoms with Gasteiger partial charge in [0.2, 0.25) is 5.91 Å². The lowest BCUT2D eigenvalue weighted by molar-refractivity contribution is -0.114. The van der Waals surface area contributed by atoms with Gasteiger partial charge in [0.1, 0.15) is 12.1 Å². The highest BCUT2D eigenvalue weighted by Crippen LogP contribution is 2.16. The molecule has 3 N–H and O–H groups in total. The van der Waals surface area contributed by atoms with Gasteiger partial charge in [-0.05, 0) is 38.1 Å². The molecule has 2 rings (SSSR count). The van der Waals surface area contributed by atoms with Crippen LogP contribution in [0, 0.1) is 13.8 Å². The number of benzene rings is 1. The number of nitrogens with one attached hydrogen (secondary N) is 3. The zero-order valence-electron chi connectivity index (χ0n) is 13.3. The molecular weight excluding hydrogens is 334 g/mol. The summed E-state index contributed by atoms with van der Waals surface area (Å²) in [5.74, 6) is 0.416.